The number of nitrogen functional groups attached to an aromatic ring is 1. The van der Waals surface area contributed by atoms with E-state index in [-0.39, 0.29) is 5.91 Å². The summed E-state index contributed by atoms with van der Waals surface area (Å²) in [4.78, 5) is 20.3. The van der Waals surface area contributed by atoms with Crippen molar-refractivity contribution in [2.45, 2.75) is 64.0 Å². The normalized spacial score (nSPS) is 16.8. The summed E-state index contributed by atoms with van der Waals surface area (Å²) in [5.41, 5.74) is 10.1. The molecule has 1 amide bonds. The molecule has 1 aliphatic heterocycles. The standard InChI is InChI=1S/C28H39N7O2Si2/c1-19-34(9-6-11-38-19)17-22-13-21-16-30-26(15-24(21)35(22)18-37-10-12-39(3,4)5)31-28(36)20-7-8-23-25(14-20)33(2)32-27(23)29/h7-8,13-16,19H,6,9-12,17-18H2,1-5H3,(H2,29,32)(H,30,31,36)/t19-/m1/s1. The van der Waals surface area contributed by atoms with Gasteiger partial charge in [0.2, 0.25) is 0 Å². The highest BCUT2D eigenvalue weighted by atomic mass is 28.3. The van der Waals surface area contributed by atoms with Crippen molar-refractivity contribution in [1.29, 1.82) is 0 Å². The van der Waals surface area contributed by atoms with Gasteiger partial charge in [-0.25, -0.2) is 4.98 Å². The number of rotatable bonds is 9. The van der Waals surface area contributed by atoms with Crippen molar-refractivity contribution in [2.24, 2.45) is 7.05 Å². The van der Waals surface area contributed by atoms with E-state index in [4.69, 9.17) is 10.5 Å². The Hall–Kier alpha value is -3.00. The van der Waals surface area contributed by atoms with Gasteiger partial charge in [-0.2, -0.15) is 5.10 Å². The zero-order valence-electron chi connectivity index (χ0n) is 23.6. The highest BCUT2D eigenvalue weighted by molar-refractivity contribution is 6.76. The van der Waals surface area contributed by atoms with E-state index in [1.807, 2.05) is 25.4 Å². The van der Waals surface area contributed by atoms with Crippen molar-refractivity contribution in [3.05, 3.63) is 47.8 Å². The van der Waals surface area contributed by atoms with Crippen molar-refractivity contribution >= 4 is 56.9 Å². The first kappa shape index (κ1) is 27.6. The molecule has 0 saturated carbocycles. The molecule has 1 fully saturated rings. The molecule has 3 N–H and O–H groups in total. The number of aryl methyl sites for hydroxylation is 1. The fourth-order valence-electron chi connectivity index (χ4n) is 5.05. The summed E-state index contributed by atoms with van der Waals surface area (Å²) in [7, 11) is 1.62. The number of nitrogens with one attached hydrogen (secondary N) is 1. The van der Waals surface area contributed by atoms with E-state index in [0.717, 1.165) is 57.1 Å². The molecule has 4 heterocycles. The third-order valence-electron chi connectivity index (χ3n) is 7.45. The summed E-state index contributed by atoms with van der Waals surface area (Å²) in [5, 5.41) is 9.11. The number of aromatic nitrogens is 4. The Bertz CT molecular complexity index is 1490. The lowest BCUT2D eigenvalue weighted by Crippen LogP contribution is -2.41. The summed E-state index contributed by atoms with van der Waals surface area (Å²) >= 11 is 0. The lowest BCUT2D eigenvalue weighted by atomic mass is 10.1. The molecule has 0 aliphatic carbocycles. The van der Waals surface area contributed by atoms with Gasteiger partial charge in [0.25, 0.3) is 5.91 Å². The maximum atomic E-state index is 13.2. The monoisotopic (exact) mass is 561 g/mol. The first-order chi connectivity index (χ1) is 18.6. The average Bonchev–Trinajstić information content (AvgIpc) is 3.37. The number of pyridine rings is 1. The molecule has 0 unspecified atom stereocenters. The fraction of sp³-hybridized carbons (Fsp3) is 0.464. The van der Waals surface area contributed by atoms with Crippen molar-refractivity contribution in [3.8, 4) is 0 Å². The number of carbonyl (C=O) groups excluding carboxylic acids is 1. The van der Waals surface area contributed by atoms with Crippen LogP contribution in [-0.2, 0) is 25.1 Å². The number of carbonyl (C=O) groups is 1. The Morgan fingerprint density at radius 1 is 1.23 bits per heavy atom. The molecule has 206 valence electrons. The van der Waals surface area contributed by atoms with Gasteiger partial charge in [0, 0.05) is 62.6 Å². The molecule has 1 aliphatic rings. The van der Waals surface area contributed by atoms with Crippen LogP contribution in [0.15, 0.2) is 36.5 Å². The predicted octanol–water partition coefficient (Wildman–Crippen LogP) is 4.74. The molecule has 11 heteroatoms. The van der Waals surface area contributed by atoms with Crippen LogP contribution >= 0.6 is 0 Å². The number of benzene rings is 1. The second kappa shape index (κ2) is 11.2. The minimum absolute atomic E-state index is 0.226. The third kappa shape index (κ3) is 6.27. The molecular weight excluding hydrogens is 523 g/mol. The van der Waals surface area contributed by atoms with Crippen LogP contribution in [0.3, 0.4) is 0 Å². The SMILES string of the molecule is C[C@H]1[Si]CCCN1Cc1cc2cnc(NC(=O)c3ccc4c(N)nn(C)c4c3)cc2n1COCC[Si](C)(C)C. The number of anilines is 2. The van der Waals surface area contributed by atoms with E-state index in [0.29, 0.717) is 29.6 Å². The molecule has 1 saturated heterocycles. The minimum Gasteiger partial charge on any atom is -0.382 e. The molecule has 39 heavy (non-hydrogen) atoms. The number of fused-ring (bicyclic) bond motifs is 2. The fourth-order valence-corrected chi connectivity index (χ4v) is 7.07. The Morgan fingerprint density at radius 2 is 2.05 bits per heavy atom. The topological polar surface area (TPSA) is 103 Å². The van der Waals surface area contributed by atoms with Crippen LogP contribution in [0.25, 0.3) is 21.8 Å². The van der Waals surface area contributed by atoms with Crippen molar-refractivity contribution < 1.29 is 9.53 Å². The van der Waals surface area contributed by atoms with Crippen LogP contribution in [0.5, 0.6) is 0 Å². The van der Waals surface area contributed by atoms with Crippen LogP contribution < -0.4 is 11.1 Å². The van der Waals surface area contributed by atoms with Crippen molar-refractivity contribution in [2.75, 3.05) is 24.2 Å². The van der Waals surface area contributed by atoms with E-state index in [1.165, 1.54) is 18.2 Å². The molecular formula is C28H39N7O2Si2. The summed E-state index contributed by atoms with van der Waals surface area (Å²) in [6.45, 7) is 12.7. The zero-order chi connectivity index (χ0) is 27.7. The van der Waals surface area contributed by atoms with Gasteiger partial charge in [0.1, 0.15) is 12.5 Å². The van der Waals surface area contributed by atoms with Crippen LogP contribution in [0.4, 0.5) is 11.6 Å². The van der Waals surface area contributed by atoms with E-state index in [2.05, 4.69) is 57.5 Å². The lowest BCUT2D eigenvalue weighted by molar-refractivity contribution is 0.0860. The number of nitrogens with zero attached hydrogens (tertiary/aromatic N) is 5. The summed E-state index contributed by atoms with van der Waals surface area (Å²) in [6, 6.07) is 12.0. The maximum absolute atomic E-state index is 13.2. The summed E-state index contributed by atoms with van der Waals surface area (Å²) in [6.07, 6.45) is 3.10. The zero-order valence-corrected chi connectivity index (χ0v) is 25.6. The smallest absolute Gasteiger partial charge is 0.256 e. The van der Waals surface area contributed by atoms with Gasteiger partial charge in [-0.15, -0.1) is 0 Å². The minimum atomic E-state index is -1.18. The predicted molar refractivity (Wildman–Crippen MR) is 162 cm³/mol. The molecule has 4 aromatic rings. The van der Waals surface area contributed by atoms with Gasteiger partial charge in [-0.05, 0) is 48.9 Å². The Morgan fingerprint density at radius 3 is 2.82 bits per heavy atom. The molecule has 0 spiro atoms. The van der Waals surface area contributed by atoms with E-state index in [1.54, 1.807) is 16.8 Å². The van der Waals surface area contributed by atoms with Crippen LogP contribution in [0.2, 0.25) is 31.7 Å². The molecule has 9 nitrogen and oxygen atoms in total. The third-order valence-corrected chi connectivity index (χ3v) is 10.7. The second-order valence-electron chi connectivity index (χ2n) is 11.7. The molecule has 1 atom stereocenters. The number of hydrogen-bond donors (Lipinski definition) is 2. The van der Waals surface area contributed by atoms with Gasteiger partial charge in [0.15, 0.2) is 5.82 Å². The Balaban J connectivity index is 1.40. The first-order valence-electron chi connectivity index (χ1n) is 13.7. The van der Waals surface area contributed by atoms with Gasteiger partial charge in [-0.1, -0.05) is 32.6 Å². The molecule has 2 radical (unpaired) electrons. The van der Waals surface area contributed by atoms with Gasteiger partial charge in [-0.3, -0.25) is 14.4 Å². The molecule has 3 aromatic heterocycles. The Labute approximate surface area is 233 Å². The number of amides is 1. The largest absolute Gasteiger partial charge is 0.382 e. The average molecular weight is 562 g/mol. The lowest BCUT2D eigenvalue weighted by Gasteiger charge is -2.33. The van der Waals surface area contributed by atoms with Crippen molar-refractivity contribution in [3.63, 3.8) is 0 Å². The van der Waals surface area contributed by atoms with Crippen molar-refractivity contribution in [1.82, 2.24) is 24.2 Å². The highest BCUT2D eigenvalue weighted by Gasteiger charge is 2.22. The Kier molecular flexibility index (Phi) is 7.95. The van der Waals surface area contributed by atoms with Crippen LogP contribution in [0, 0.1) is 0 Å². The van der Waals surface area contributed by atoms with Crippen LogP contribution in [-0.4, -0.2) is 66.5 Å². The van der Waals surface area contributed by atoms with Crippen LogP contribution in [0.1, 0.15) is 29.4 Å². The molecule has 1 aromatic carbocycles. The maximum Gasteiger partial charge on any atom is 0.256 e. The van der Waals surface area contributed by atoms with Gasteiger partial charge >= 0.3 is 0 Å². The number of ether oxygens (including phenoxy) is 1. The van der Waals surface area contributed by atoms with E-state index >= 15 is 0 Å². The quantitative estimate of drug-likeness (QED) is 0.226. The highest BCUT2D eigenvalue weighted by Crippen LogP contribution is 2.26. The molecule has 5 rings (SSSR count). The summed E-state index contributed by atoms with van der Waals surface area (Å²) < 4.78 is 10.2. The second-order valence-corrected chi connectivity index (χ2v) is 19.1. The van der Waals surface area contributed by atoms with Gasteiger partial charge in [0.05, 0.1) is 20.6 Å². The first-order valence-corrected chi connectivity index (χ1v) is 18.7. The number of hydrogen-bond acceptors (Lipinski definition) is 6. The van der Waals surface area contributed by atoms with E-state index < -0.39 is 8.07 Å². The molecule has 0 bridgehead atoms. The number of nitrogens with two attached hydrogens (primary N) is 1. The van der Waals surface area contributed by atoms with Gasteiger partial charge < -0.3 is 20.4 Å². The summed E-state index contributed by atoms with van der Waals surface area (Å²) in [5.74, 6) is 0.740. The van der Waals surface area contributed by atoms with E-state index in [9.17, 15) is 4.79 Å².